The van der Waals surface area contributed by atoms with E-state index in [1.807, 2.05) is 0 Å². The molecule has 0 saturated carbocycles. The molecule has 3 rings (SSSR count). The smallest absolute Gasteiger partial charge is 0.329 e. The fraction of sp³-hybridized carbons (Fsp3) is 0.750. The first-order chi connectivity index (χ1) is 25.7. The van der Waals surface area contributed by atoms with Gasteiger partial charge in [-0.25, -0.2) is 24.8 Å². The van der Waals surface area contributed by atoms with Crippen molar-refractivity contribution < 1.29 is 45.0 Å². The molecule has 0 unspecified atom stereocenters. The molecule has 0 bridgehead atoms. The first kappa shape index (κ1) is 44.5. The standard InChI is InChI=1S/C32H55N11O9S2/c1-17(44)24-28(48)39-20(7-2-3-11-33)29(49)43-14-6-10-23(43)30(50)42-13-5-9-22(42)27(47)38-19(8-4-12-37-32(35)36)26(46)40-21(31(51)52)16-54-53-15-18(34)25(45)41-24/h17-24,44H,2-16,33-34H2,1H3,(H,38,47)(H,39,48)(H,40,46)(H,41,45)(H,51,52)(H4,35,36,37)/t17-,18+,19+,20+,21+,22+,23+,24+/m1/s1. The van der Waals surface area contributed by atoms with E-state index in [0.717, 1.165) is 21.6 Å². The fourth-order valence-corrected chi connectivity index (χ4v) is 8.52. The lowest BCUT2D eigenvalue weighted by atomic mass is 10.1. The van der Waals surface area contributed by atoms with Crippen LogP contribution in [0.15, 0.2) is 20.0 Å². The molecule has 14 N–H and O–H groups in total. The van der Waals surface area contributed by atoms with Gasteiger partial charge in [0.1, 0.15) is 24.2 Å². The highest BCUT2D eigenvalue weighted by atomic mass is 33.1. The fourth-order valence-electron chi connectivity index (χ4n) is 6.28. The van der Waals surface area contributed by atoms with Crippen LogP contribution in [-0.4, -0.2) is 174 Å². The van der Waals surface area contributed by atoms with Gasteiger partial charge in [-0.3, -0.25) is 15.0 Å². The Kier molecular flexibility index (Phi) is 18.0. The zero-order chi connectivity index (χ0) is 39.9. The summed E-state index contributed by atoms with van der Waals surface area (Å²) in [5.74, 6) is -5.18. The highest BCUT2D eigenvalue weighted by molar-refractivity contribution is 8.76. The van der Waals surface area contributed by atoms with Crippen molar-refractivity contribution in [2.45, 2.75) is 113 Å². The van der Waals surface area contributed by atoms with Crippen molar-refractivity contribution in [3.63, 3.8) is 0 Å². The molecule has 0 aromatic rings. The number of carbonyl (C=O) groups excluding carboxylic acids is 2. The third-order valence-electron chi connectivity index (χ3n) is 9.17. The highest BCUT2D eigenvalue weighted by Crippen LogP contribution is 2.28. The molecule has 0 radical (unpaired) electrons. The predicted octanol–water partition coefficient (Wildman–Crippen LogP) is -0.151. The quantitative estimate of drug-likeness (QED) is 0.0592. The zero-order valence-electron chi connectivity index (χ0n) is 30.4. The van der Waals surface area contributed by atoms with Crippen LogP contribution in [0.4, 0.5) is 0 Å². The van der Waals surface area contributed by atoms with E-state index in [0.29, 0.717) is 51.5 Å². The van der Waals surface area contributed by atoms with Crippen LogP contribution in [0.25, 0.3) is 0 Å². The van der Waals surface area contributed by atoms with Crippen molar-refractivity contribution in [2.75, 3.05) is 37.7 Å². The molecule has 0 aromatic carbocycles. The van der Waals surface area contributed by atoms with Gasteiger partial charge < -0.3 is 63.0 Å². The summed E-state index contributed by atoms with van der Waals surface area (Å²) in [6.07, 6.45) is 1.86. The van der Waals surface area contributed by atoms with E-state index in [1.54, 1.807) is 0 Å². The predicted molar refractivity (Wildman–Crippen MR) is 209 cm³/mol. The van der Waals surface area contributed by atoms with Gasteiger partial charge in [0.2, 0.25) is 29.5 Å². The lowest BCUT2D eigenvalue weighted by Crippen LogP contribution is -2.52. The molecule has 2 amide bonds. The molecule has 22 heteroatoms. The number of nitrogens with two attached hydrogens (primary N) is 3. The average Bonchev–Trinajstić information content (AvgIpc) is 3.82. The summed E-state index contributed by atoms with van der Waals surface area (Å²) in [6, 6.07) is -8.22. The number of rotatable bonds is 10. The Balaban J connectivity index is 2.08. The van der Waals surface area contributed by atoms with E-state index in [2.05, 4.69) is 25.3 Å². The van der Waals surface area contributed by atoms with E-state index >= 15 is 0 Å². The second kappa shape index (κ2) is 21.9. The van der Waals surface area contributed by atoms with Crippen molar-refractivity contribution in [2.24, 2.45) is 37.2 Å². The second-order valence-corrected chi connectivity index (χ2v) is 15.9. The molecule has 0 spiro atoms. The van der Waals surface area contributed by atoms with Gasteiger partial charge in [-0.1, -0.05) is 21.6 Å². The number of carboxylic acid groups (broad SMARTS) is 1. The van der Waals surface area contributed by atoms with Gasteiger partial charge in [-0.2, -0.15) is 0 Å². The van der Waals surface area contributed by atoms with E-state index in [9.17, 15) is 45.0 Å². The van der Waals surface area contributed by atoms with Crippen molar-refractivity contribution in [1.82, 2.24) is 15.1 Å². The molecule has 2 saturated heterocycles. The number of nitrogens with zero attached hydrogens (tertiary/aromatic N) is 6. The van der Waals surface area contributed by atoms with Crippen LogP contribution in [-0.2, 0) is 14.4 Å². The number of carboxylic acids is 1. The Bertz CT molecular complexity index is 1430. The maximum absolute atomic E-state index is 14.1. The number of amides is 2. The van der Waals surface area contributed by atoms with Crippen LogP contribution in [0.1, 0.15) is 64.7 Å². The normalized spacial score (nSPS) is 32.8. The zero-order valence-corrected chi connectivity index (χ0v) is 32.0. The minimum Gasteiger partial charge on any atom is -0.495 e. The summed E-state index contributed by atoms with van der Waals surface area (Å²) in [5, 5.41) is 74.7. The van der Waals surface area contributed by atoms with Crippen LogP contribution in [0, 0.1) is 5.41 Å². The summed E-state index contributed by atoms with van der Waals surface area (Å²) < 4.78 is 0. The molecule has 2 fully saturated rings. The maximum atomic E-state index is 14.1. The van der Waals surface area contributed by atoms with Gasteiger partial charge in [-0.15, -0.1) is 0 Å². The molecular formula is C32H55N11O9S2. The number of aliphatic hydroxyl groups excluding tert-OH is 5. The Morgan fingerprint density at radius 3 is 2.11 bits per heavy atom. The number of aliphatic hydroxyl groups is 5. The number of hydrogen-bond acceptors (Lipinski definition) is 13. The Morgan fingerprint density at radius 1 is 0.870 bits per heavy atom. The van der Waals surface area contributed by atoms with Crippen LogP contribution < -0.4 is 22.5 Å². The van der Waals surface area contributed by atoms with Crippen LogP contribution in [0.2, 0.25) is 0 Å². The monoisotopic (exact) mass is 801 g/mol. The molecule has 3 heterocycles. The molecule has 3 aliphatic rings. The number of carbonyl (C=O) groups is 3. The Hall–Kier alpha value is -3.86. The lowest BCUT2D eigenvalue weighted by Gasteiger charge is -2.32. The number of fused-ring (bicyclic) bond motifs is 2. The number of aliphatic imine (C=N–C) groups is 4. The summed E-state index contributed by atoms with van der Waals surface area (Å²) in [7, 11) is 2.12. The van der Waals surface area contributed by atoms with Crippen molar-refractivity contribution in [3.05, 3.63) is 0 Å². The average molecular weight is 802 g/mol. The van der Waals surface area contributed by atoms with Gasteiger partial charge >= 0.3 is 5.97 Å². The third-order valence-corrected chi connectivity index (χ3v) is 11.6. The number of aliphatic carboxylic acids is 1. The van der Waals surface area contributed by atoms with Gasteiger partial charge in [-0.05, 0) is 71.3 Å². The SMILES string of the molecule is C[C@@H](O)[C@@H]1/N=C(\O)[C@@H](N)CSSC[C@@H](C(=O)O)/N=C(/O)[C@H](CCCNC(=N)N)/N=C(/O)[C@@H]2CCCN2C(=O)[C@@H]2CCCN2C(=O)[C@H](CCCCN)/N=C/1O. The van der Waals surface area contributed by atoms with Gasteiger partial charge in [0.25, 0.3) is 0 Å². The molecule has 3 aliphatic heterocycles. The van der Waals surface area contributed by atoms with Crippen molar-refractivity contribution in [1.29, 1.82) is 5.41 Å². The highest BCUT2D eigenvalue weighted by Gasteiger charge is 2.43. The number of hydrogen-bond donors (Lipinski definition) is 11. The summed E-state index contributed by atoms with van der Waals surface area (Å²) in [5.41, 5.74) is 17.2. The topological polar surface area (TPSA) is 342 Å². The molecule has 0 aliphatic carbocycles. The summed E-state index contributed by atoms with van der Waals surface area (Å²) >= 11 is 0. The minimum absolute atomic E-state index is 0.0128. The Morgan fingerprint density at radius 2 is 1.48 bits per heavy atom. The first-order valence-electron chi connectivity index (χ1n) is 18.0. The number of nitrogens with one attached hydrogen (secondary N) is 2. The van der Waals surface area contributed by atoms with E-state index in [-0.39, 0.29) is 49.9 Å². The Labute approximate surface area is 321 Å². The largest absolute Gasteiger partial charge is 0.495 e. The molecule has 54 heavy (non-hydrogen) atoms. The van der Waals surface area contributed by atoms with E-state index < -0.39 is 89.8 Å². The molecule has 0 aromatic heterocycles. The van der Waals surface area contributed by atoms with Crippen LogP contribution >= 0.6 is 21.6 Å². The first-order valence-corrected chi connectivity index (χ1v) is 20.5. The van der Waals surface area contributed by atoms with E-state index in [4.69, 9.17) is 22.6 Å². The van der Waals surface area contributed by atoms with Crippen molar-refractivity contribution >= 4 is 68.9 Å². The van der Waals surface area contributed by atoms with Gasteiger partial charge in [0.15, 0.2) is 23.9 Å². The number of guanidine groups is 1. The summed E-state index contributed by atoms with van der Waals surface area (Å²) in [4.78, 5) is 59.9. The van der Waals surface area contributed by atoms with Gasteiger partial charge in [0, 0.05) is 31.1 Å². The van der Waals surface area contributed by atoms with Gasteiger partial charge in [0.05, 0.1) is 12.1 Å². The van der Waals surface area contributed by atoms with Crippen molar-refractivity contribution in [3.8, 4) is 0 Å². The lowest BCUT2D eigenvalue weighted by molar-refractivity contribution is -0.144. The van der Waals surface area contributed by atoms with Crippen LogP contribution in [0.5, 0.6) is 0 Å². The summed E-state index contributed by atoms with van der Waals surface area (Å²) in [6.45, 7) is 2.36. The van der Waals surface area contributed by atoms with E-state index in [1.165, 1.54) is 16.7 Å². The second-order valence-electron chi connectivity index (χ2n) is 13.3. The number of unbranched alkanes of at least 4 members (excludes halogenated alkanes) is 1. The maximum Gasteiger partial charge on any atom is 0.329 e. The molecule has 304 valence electrons. The van der Waals surface area contributed by atoms with Crippen LogP contribution in [0.3, 0.4) is 0 Å². The molecule has 8 atom stereocenters. The molecular weight excluding hydrogens is 747 g/mol. The minimum atomic E-state index is -1.48. The molecule has 20 nitrogen and oxygen atoms in total. The third kappa shape index (κ3) is 12.9.